The van der Waals surface area contributed by atoms with Gasteiger partial charge in [-0.15, -0.1) is 0 Å². The molecule has 0 radical (unpaired) electrons. The Bertz CT molecular complexity index is 533. The number of alkyl halides is 3. The van der Waals surface area contributed by atoms with Gasteiger partial charge in [0.2, 0.25) is 0 Å². The van der Waals surface area contributed by atoms with Gasteiger partial charge in [0, 0.05) is 25.4 Å². The fourth-order valence-electron chi connectivity index (χ4n) is 2.26. The minimum atomic E-state index is -4.54. The van der Waals surface area contributed by atoms with E-state index in [1.807, 2.05) is 4.90 Å². The van der Waals surface area contributed by atoms with Crippen molar-refractivity contribution >= 4 is 5.69 Å². The van der Waals surface area contributed by atoms with Gasteiger partial charge in [0.15, 0.2) is 0 Å². The lowest BCUT2D eigenvalue weighted by molar-refractivity contribution is -0.137. The van der Waals surface area contributed by atoms with Crippen molar-refractivity contribution in [1.29, 1.82) is 5.26 Å². The molecule has 6 heteroatoms. The third kappa shape index (κ3) is 4.11. The molecule has 0 saturated heterocycles. The van der Waals surface area contributed by atoms with Crippen LogP contribution in [0.1, 0.15) is 30.4 Å². The largest absolute Gasteiger partial charge is 0.417 e. The van der Waals surface area contributed by atoms with E-state index in [1.54, 1.807) is 12.1 Å². The second-order valence-corrected chi connectivity index (χ2v) is 5.31. The highest BCUT2D eigenvalue weighted by molar-refractivity contribution is 5.55. The van der Waals surface area contributed by atoms with Gasteiger partial charge in [0.25, 0.3) is 0 Å². The zero-order valence-corrected chi connectivity index (χ0v) is 11.5. The predicted octanol–water partition coefficient (Wildman–Crippen LogP) is 3.18. The van der Waals surface area contributed by atoms with E-state index in [2.05, 4.69) is 0 Å². The SMILES string of the molecule is N#Cc1ccc(N(CCCO)CC2CC2)cc1C(F)(F)F. The van der Waals surface area contributed by atoms with Crippen LogP contribution in [0.3, 0.4) is 0 Å². The van der Waals surface area contributed by atoms with E-state index in [9.17, 15) is 13.2 Å². The van der Waals surface area contributed by atoms with Crippen LogP contribution in [0.4, 0.5) is 18.9 Å². The van der Waals surface area contributed by atoms with E-state index in [0.717, 1.165) is 18.9 Å². The van der Waals surface area contributed by atoms with Gasteiger partial charge < -0.3 is 10.0 Å². The van der Waals surface area contributed by atoms with Crippen LogP contribution in [-0.4, -0.2) is 24.8 Å². The van der Waals surface area contributed by atoms with Crippen LogP contribution in [0.5, 0.6) is 0 Å². The lowest BCUT2D eigenvalue weighted by atomic mass is 10.1. The smallest absolute Gasteiger partial charge is 0.396 e. The summed E-state index contributed by atoms with van der Waals surface area (Å²) in [5.74, 6) is 0.522. The van der Waals surface area contributed by atoms with Gasteiger partial charge in [-0.25, -0.2) is 0 Å². The zero-order chi connectivity index (χ0) is 15.5. The van der Waals surface area contributed by atoms with Crippen LogP contribution in [0.2, 0.25) is 0 Å². The lowest BCUT2D eigenvalue weighted by Gasteiger charge is -2.25. The first-order valence-corrected chi connectivity index (χ1v) is 6.93. The van der Waals surface area contributed by atoms with Crippen LogP contribution in [0.25, 0.3) is 0 Å². The molecular formula is C15H17F3N2O. The molecule has 0 amide bonds. The molecule has 1 aromatic rings. The van der Waals surface area contributed by atoms with Crippen LogP contribution in [-0.2, 0) is 6.18 Å². The summed E-state index contributed by atoms with van der Waals surface area (Å²) in [7, 11) is 0. The summed E-state index contributed by atoms with van der Waals surface area (Å²) >= 11 is 0. The number of aliphatic hydroxyl groups excluding tert-OH is 1. The van der Waals surface area contributed by atoms with Gasteiger partial charge in [0.1, 0.15) is 0 Å². The molecule has 0 spiro atoms. The number of rotatable bonds is 6. The Hall–Kier alpha value is -1.74. The fraction of sp³-hybridized carbons (Fsp3) is 0.533. The van der Waals surface area contributed by atoms with Crippen molar-refractivity contribution in [2.24, 2.45) is 5.92 Å². The highest BCUT2D eigenvalue weighted by Crippen LogP contribution is 2.36. The number of halogens is 3. The molecule has 1 N–H and O–H groups in total. The van der Waals surface area contributed by atoms with E-state index in [4.69, 9.17) is 10.4 Å². The Balaban J connectivity index is 2.29. The number of benzene rings is 1. The second kappa shape index (κ2) is 6.35. The maximum absolute atomic E-state index is 13.0. The summed E-state index contributed by atoms with van der Waals surface area (Å²) in [5, 5.41) is 17.7. The number of aliphatic hydroxyl groups is 1. The Morgan fingerprint density at radius 3 is 2.57 bits per heavy atom. The first-order chi connectivity index (χ1) is 9.95. The summed E-state index contributed by atoms with van der Waals surface area (Å²) in [6.07, 6.45) is -1.84. The highest BCUT2D eigenvalue weighted by atomic mass is 19.4. The number of hydrogen-bond donors (Lipinski definition) is 1. The van der Waals surface area contributed by atoms with Crippen molar-refractivity contribution in [2.45, 2.75) is 25.4 Å². The Morgan fingerprint density at radius 2 is 2.05 bits per heavy atom. The van der Waals surface area contributed by atoms with Gasteiger partial charge in [-0.2, -0.15) is 18.4 Å². The van der Waals surface area contributed by atoms with Crippen LogP contribution in [0.15, 0.2) is 18.2 Å². The molecule has 0 unspecified atom stereocenters. The van der Waals surface area contributed by atoms with Gasteiger partial charge in [-0.1, -0.05) is 0 Å². The van der Waals surface area contributed by atoms with E-state index in [1.165, 1.54) is 6.07 Å². The van der Waals surface area contributed by atoms with Gasteiger partial charge >= 0.3 is 6.18 Å². The second-order valence-electron chi connectivity index (χ2n) is 5.31. The average molecular weight is 298 g/mol. The van der Waals surface area contributed by atoms with Crippen molar-refractivity contribution in [3.63, 3.8) is 0 Å². The third-order valence-electron chi connectivity index (χ3n) is 3.56. The molecule has 1 aromatic carbocycles. The Morgan fingerprint density at radius 1 is 1.33 bits per heavy atom. The Labute approximate surface area is 121 Å². The molecule has 114 valence electrons. The number of nitriles is 1. The van der Waals surface area contributed by atoms with E-state index in [-0.39, 0.29) is 12.2 Å². The summed E-state index contributed by atoms with van der Waals surface area (Å²) in [6.45, 7) is 1.21. The number of hydrogen-bond acceptors (Lipinski definition) is 3. The molecule has 0 atom stereocenters. The fourth-order valence-corrected chi connectivity index (χ4v) is 2.26. The normalized spacial score (nSPS) is 14.8. The first kappa shape index (κ1) is 15.6. The lowest BCUT2D eigenvalue weighted by Crippen LogP contribution is -2.28. The minimum absolute atomic E-state index is 0.00355. The van der Waals surface area contributed by atoms with E-state index < -0.39 is 11.7 Å². The van der Waals surface area contributed by atoms with Crippen molar-refractivity contribution < 1.29 is 18.3 Å². The zero-order valence-electron chi connectivity index (χ0n) is 11.5. The summed E-state index contributed by atoms with van der Waals surface area (Å²) in [6, 6.07) is 5.39. The maximum atomic E-state index is 13.0. The van der Waals surface area contributed by atoms with Gasteiger partial charge in [-0.3, -0.25) is 0 Å². The topological polar surface area (TPSA) is 47.3 Å². The quantitative estimate of drug-likeness (QED) is 0.877. The molecule has 1 aliphatic carbocycles. The molecule has 1 fully saturated rings. The van der Waals surface area contributed by atoms with Gasteiger partial charge in [-0.05, 0) is 43.4 Å². The number of anilines is 1. The van der Waals surface area contributed by atoms with Crippen LogP contribution < -0.4 is 4.90 Å². The third-order valence-corrected chi connectivity index (χ3v) is 3.56. The molecule has 2 rings (SSSR count). The molecular weight excluding hydrogens is 281 g/mol. The minimum Gasteiger partial charge on any atom is -0.396 e. The Kier molecular flexibility index (Phi) is 4.73. The molecule has 1 aliphatic rings. The monoisotopic (exact) mass is 298 g/mol. The van der Waals surface area contributed by atoms with Crippen molar-refractivity contribution in [3.8, 4) is 6.07 Å². The molecule has 0 heterocycles. The predicted molar refractivity (Wildman–Crippen MR) is 72.8 cm³/mol. The molecule has 0 aliphatic heterocycles. The van der Waals surface area contributed by atoms with Gasteiger partial charge in [0.05, 0.1) is 17.2 Å². The molecule has 21 heavy (non-hydrogen) atoms. The van der Waals surface area contributed by atoms with Crippen LogP contribution >= 0.6 is 0 Å². The standard InChI is InChI=1S/C15H17F3N2O/c16-15(17,18)14-8-13(5-4-12(14)9-19)20(6-1-7-21)10-11-2-3-11/h4-5,8,11,21H,1-3,6-7,10H2. The van der Waals surface area contributed by atoms with E-state index >= 15 is 0 Å². The maximum Gasteiger partial charge on any atom is 0.417 e. The number of nitrogens with zero attached hydrogens (tertiary/aromatic N) is 2. The first-order valence-electron chi connectivity index (χ1n) is 6.93. The molecule has 0 bridgehead atoms. The summed E-state index contributed by atoms with van der Waals surface area (Å²) < 4.78 is 39.0. The highest BCUT2D eigenvalue weighted by Gasteiger charge is 2.34. The summed E-state index contributed by atoms with van der Waals surface area (Å²) in [4.78, 5) is 1.87. The van der Waals surface area contributed by atoms with Crippen molar-refractivity contribution in [1.82, 2.24) is 0 Å². The van der Waals surface area contributed by atoms with E-state index in [0.29, 0.717) is 31.1 Å². The molecule has 3 nitrogen and oxygen atoms in total. The van der Waals surface area contributed by atoms with Crippen molar-refractivity contribution in [2.75, 3.05) is 24.6 Å². The average Bonchev–Trinajstić information content (AvgIpc) is 3.25. The van der Waals surface area contributed by atoms with Crippen molar-refractivity contribution in [3.05, 3.63) is 29.3 Å². The summed E-state index contributed by atoms with van der Waals surface area (Å²) in [5.41, 5.74) is -0.797. The molecule has 1 saturated carbocycles. The van der Waals surface area contributed by atoms with Crippen LogP contribution in [0, 0.1) is 17.2 Å². The molecule has 0 aromatic heterocycles.